The molecular formula is C12H20N4O. The van der Waals surface area contributed by atoms with Gasteiger partial charge in [-0.15, -0.1) is 0 Å². The molecule has 1 fully saturated rings. The van der Waals surface area contributed by atoms with E-state index < -0.39 is 0 Å². The molecule has 0 saturated carbocycles. The van der Waals surface area contributed by atoms with Gasteiger partial charge in [0.15, 0.2) is 0 Å². The highest BCUT2D eigenvalue weighted by Gasteiger charge is 2.21. The highest BCUT2D eigenvalue weighted by atomic mass is 16.5. The number of aromatic nitrogens is 2. The van der Waals surface area contributed by atoms with Crippen molar-refractivity contribution in [3.63, 3.8) is 0 Å². The van der Waals surface area contributed by atoms with Gasteiger partial charge in [-0.2, -0.15) is 0 Å². The molecule has 0 radical (unpaired) electrons. The first-order chi connectivity index (χ1) is 8.29. The van der Waals surface area contributed by atoms with Crippen molar-refractivity contribution >= 4 is 11.6 Å². The van der Waals surface area contributed by atoms with Crippen molar-refractivity contribution in [1.29, 1.82) is 0 Å². The second-order valence-corrected chi connectivity index (χ2v) is 4.38. The number of nitrogens with zero attached hydrogens (tertiary/aromatic N) is 3. The SMILES string of the molecule is CCCOC1CCCN(c2cc(N)ncn2)C1. The zero-order valence-corrected chi connectivity index (χ0v) is 10.3. The van der Waals surface area contributed by atoms with E-state index in [-0.39, 0.29) is 0 Å². The summed E-state index contributed by atoms with van der Waals surface area (Å²) in [5.74, 6) is 1.42. The summed E-state index contributed by atoms with van der Waals surface area (Å²) in [7, 11) is 0. The molecule has 2 N–H and O–H groups in total. The lowest BCUT2D eigenvalue weighted by atomic mass is 10.1. The molecule has 2 heterocycles. The second-order valence-electron chi connectivity index (χ2n) is 4.38. The van der Waals surface area contributed by atoms with E-state index in [1.165, 1.54) is 6.33 Å². The van der Waals surface area contributed by atoms with Crippen molar-refractivity contribution in [2.24, 2.45) is 0 Å². The first-order valence-electron chi connectivity index (χ1n) is 6.23. The first kappa shape index (κ1) is 12.1. The molecule has 1 unspecified atom stereocenters. The lowest BCUT2D eigenvalue weighted by Gasteiger charge is -2.33. The van der Waals surface area contributed by atoms with Gasteiger partial charge >= 0.3 is 0 Å². The fourth-order valence-electron chi connectivity index (χ4n) is 2.10. The van der Waals surface area contributed by atoms with E-state index in [0.717, 1.165) is 44.8 Å². The summed E-state index contributed by atoms with van der Waals surface area (Å²) in [6, 6.07) is 1.82. The predicted octanol–water partition coefficient (Wildman–Crippen LogP) is 1.45. The van der Waals surface area contributed by atoms with E-state index in [1.54, 1.807) is 0 Å². The van der Waals surface area contributed by atoms with E-state index >= 15 is 0 Å². The van der Waals surface area contributed by atoms with Crippen LogP contribution in [0.25, 0.3) is 0 Å². The molecule has 1 aliphatic heterocycles. The van der Waals surface area contributed by atoms with Crippen molar-refractivity contribution in [3.05, 3.63) is 12.4 Å². The summed E-state index contributed by atoms with van der Waals surface area (Å²) in [5, 5.41) is 0. The fraction of sp³-hybridized carbons (Fsp3) is 0.667. The number of rotatable bonds is 4. The maximum absolute atomic E-state index is 5.80. The molecule has 0 spiro atoms. The van der Waals surface area contributed by atoms with Gasteiger partial charge in [0.2, 0.25) is 0 Å². The Bertz CT molecular complexity index is 358. The number of nitrogen functional groups attached to an aromatic ring is 1. The minimum atomic E-state index is 0.319. The third-order valence-electron chi connectivity index (χ3n) is 2.93. The van der Waals surface area contributed by atoms with Gasteiger partial charge in [0.1, 0.15) is 18.0 Å². The molecule has 1 aromatic heterocycles. The zero-order valence-electron chi connectivity index (χ0n) is 10.3. The van der Waals surface area contributed by atoms with Crippen LogP contribution in [0, 0.1) is 0 Å². The third-order valence-corrected chi connectivity index (χ3v) is 2.93. The largest absolute Gasteiger partial charge is 0.384 e. The Labute approximate surface area is 102 Å². The number of anilines is 2. The van der Waals surface area contributed by atoms with Crippen LogP contribution in [0.15, 0.2) is 12.4 Å². The van der Waals surface area contributed by atoms with E-state index in [9.17, 15) is 0 Å². The van der Waals surface area contributed by atoms with Crippen molar-refractivity contribution in [1.82, 2.24) is 9.97 Å². The second kappa shape index (κ2) is 5.82. The van der Waals surface area contributed by atoms with Crippen molar-refractivity contribution < 1.29 is 4.74 Å². The Morgan fingerprint density at radius 1 is 1.53 bits per heavy atom. The summed E-state index contributed by atoms with van der Waals surface area (Å²) in [5.41, 5.74) is 5.67. The monoisotopic (exact) mass is 236 g/mol. The van der Waals surface area contributed by atoms with E-state index in [4.69, 9.17) is 10.5 Å². The normalized spacial score (nSPS) is 20.5. The van der Waals surface area contributed by atoms with Gasteiger partial charge in [0.05, 0.1) is 6.10 Å². The predicted molar refractivity (Wildman–Crippen MR) is 67.9 cm³/mol. The van der Waals surface area contributed by atoms with Crippen LogP contribution in [-0.2, 0) is 4.74 Å². The van der Waals surface area contributed by atoms with Crippen LogP contribution >= 0.6 is 0 Å². The quantitative estimate of drug-likeness (QED) is 0.857. The standard InChI is InChI=1S/C12H20N4O/c1-2-6-17-10-4-3-5-16(8-10)12-7-11(13)14-9-15-12/h7,9-10H,2-6,8H2,1H3,(H2,13,14,15). The lowest BCUT2D eigenvalue weighted by molar-refractivity contribution is 0.0439. The number of nitrogens with two attached hydrogens (primary N) is 1. The average Bonchev–Trinajstić information content (AvgIpc) is 2.37. The highest BCUT2D eigenvalue weighted by molar-refractivity contribution is 5.46. The van der Waals surface area contributed by atoms with Crippen LogP contribution in [0.2, 0.25) is 0 Å². The van der Waals surface area contributed by atoms with Gasteiger partial charge in [0.25, 0.3) is 0 Å². The molecule has 17 heavy (non-hydrogen) atoms. The highest BCUT2D eigenvalue weighted by Crippen LogP contribution is 2.20. The van der Waals surface area contributed by atoms with Gasteiger partial charge in [-0.05, 0) is 19.3 Å². The van der Waals surface area contributed by atoms with Gasteiger partial charge in [0, 0.05) is 25.8 Å². The topological polar surface area (TPSA) is 64.3 Å². The Morgan fingerprint density at radius 3 is 3.18 bits per heavy atom. The summed E-state index contributed by atoms with van der Waals surface area (Å²) in [4.78, 5) is 10.4. The number of piperidine rings is 1. The van der Waals surface area contributed by atoms with Crippen molar-refractivity contribution in [3.8, 4) is 0 Å². The average molecular weight is 236 g/mol. The molecule has 1 aliphatic rings. The molecule has 0 amide bonds. The van der Waals surface area contributed by atoms with Crippen LogP contribution < -0.4 is 10.6 Å². The molecule has 0 aromatic carbocycles. The summed E-state index contributed by atoms with van der Waals surface area (Å²) >= 11 is 0. The molecule has 0 bridgehead atoms. The van der Waals surface area contributed by atoms with Crippen LogP contribution in [0.3, 0.4) is 0 Å². The van der Waals surface area contributed by atoms with Crippen LogP contribution in [0.1, 0.15) is 26.2 Å². The molecule has 2 rings (SSSR count). The molecule has 1 saturated heterocycles. The first-order valence-corrected chi connectivity index (χ1v) is 6.23. The van der Waals surface area contributed by atoms with Crippen LogP contribution in [0.4, 0.5) is 11.6 Å². The Balaban J connectivity index is 1.97. The molecule has 5 nitrogen and oxygen atoms in total. The zero-order chi connectivity index (χ0) is 12.1. The van der Waals surface area contributed by atoms with E-state index in [2.05, 4.69) is 21.8 Å². The molecule has 1 atom stereocenters. The van der Waals surface area contributed by atoms with Gasteiger partial charge in [-0.25, -0.2) is 9.97 Å². The number of hydrogen-bond acceptors (Lipinski definition) is 5. The van der Waals surface area contributed by atoms with Gasteiger partial charge in [-0.3, -0.25) is 0 Å². The summed E-state index contributed by atoms with van der Waals surface area (Å²) < 4.78 is 5.80. The number of ether oxygens (including phenoxy) is 1. The summed E-state index contributed by atoms with van der Waals surface area (Å²) in [6.07, 6.45) is 5.17. The van der Waals surface area contributed by atoms with Gasteiger partial charge in [-0.1, -0.05) is 6.92 Å². The molecular weight excluding hydrogens is 216 g/mol. The maximum Gasteiger partial charge on any atom is 0.134 e. The fourth-order valence-corrected chi connectivity index (χ4v) is 2.10. The minimum Gasteiger partial charge on any atom is -0.384 e. The van der Waals surface area contributed by atoms with E-state index in [0.29, 0.717) is 11.9 Å². The lowest BCUT2D eigenvalue weighted by Crippen LogP contribution is -2.40. The van der Waals surface area contributed by atoms with E-state index in [1.807, 2.05) is 6.07 Å². The van der Waals surface area contributed by atoms with Crippen molar-refractivity contribution in [2.75, 3.05) is 30.3 Å². The van der Waals surface area contributed by atoms with Crippen molar-refractivity contribution in [2.45, 2.75) is 32.3 Å². The molecule has 0 aliphatic carbocycles. The smallest absolute Gasteiger partial charge is 0.134 e. The maximum atomic E-state index is 5.80. The van der Waals surface area contributed by atoms with Gasteiger partial charge < -0.3 is 15.4 Å². The van der Waals surface area contributed by atoms with Crippen LogP contribution in [-0.4, -0.2) is 35.8 Å². The molecule has 1 aromatic rings. The third kappa shape index (κ3) is 3.30. The molecule has 5 heteroatoms. The Hall–Kier alpha value is -1.36. The number of hydrogen-bond donors (Lipinski definition) is 1. The molecule has 94 valence electrons. The van der Waals surface area contributed by atoms with Crippen LogP contribution in [0.5, 0.6) is 0 Å². The Kier molecular flexibility index (Phi) is 4.14. The Morgan fingerprint density at radius 2 is 2.41 bits per heavy atom. The minimum absolute atomic E-state index is 0.319. The summed E-state index contributed by atoms with van der Waals surface area (Å²) in [6.45, 7) is 4.88.